The zero-order valence-electron chi connectivity index (χ0n) is 10.3. The van der Waals surface area contributed by atoms with E-state index < -0.39 is 0 Å². The zero-order chi connectivity index (χ0) is 13.9. The molecule has 0 radical (unpaired) electrons. The van der Waals surface area contributed by atoms with E-state index in [9.17, 15) is 5.26 Å². The fraction of sp³-hybridized carbons (Fsp3) is 0. The van der Waals surface area contributed by atoms with Crippen molar-refractivity contribution >= 4 is 33.1 Å². The van der Waals surface area contributed by atoms with E-state index in [1.165, 1.54) is 0 Å². The Labute approximate surface area is 120 Å². The summed E-state index contributed by atoms with van der Waals surface area (Å²) in [5.74, 6) is 0. The Morgan fingerprint density at radius 3 is 2.75 bits per heavy atom. The van der Waals surface area contributed by atoms with Gasteiger partial charge in [0.1, 0.15) is 6.07 Å². The van der Waals surface area contributed by atoms with E-state index >= 15 is 0 Å². The quantitative estimate of drug-likeness (QED) is 0.730. The number of fused-ring (bicyclic) bond motifs is 1. The third-order valence-electron chi connectivity index (χ3n) is 3.02. The van der Waals surface area contributed by atoms with Crippen molar-refractivity contribution in [1.82, 2.24) is 15.2 Å². The Kier molecular flexibility index (Phi) is 3.20. The van der Waals surface area contributed by atoms with Gasteiger partial charge in [-0.25, -0.2) is 0 Å². The van der Waals surface area contributed by atoms with Crippen LogP contribution in [-0.4, -0.2) is 15.2 Å². The maximum absolute atomic E-state index is 9.47. The van der Waals surface area contributed by atoms with Gasteiger partial charge in [-0.15, -0.1) is 0 Å². The molecule has 3 rings (SSSR count). The van der Waals surface area contributed by atoms with E-state index in [4.69, 9.17) is 11.6 Å². The molecule has 1 N–H and O–H groups in total. The van der Waals surface area contributed by atoms with Crippen molar-refractivity contribution in [2.45, 2.75) is 0 Å². The van der Waals surface area contributed by atoms with Crippen LogP contribution in [0.25, 0.3) is 21.5 Å². The molecule has 0 saturated carbocycles. The Bertz CT molecular complexity index is 828. The zero-order valence-corrected chi connectivity index (χ0v) is 11.1. The summed E-state index contributed by atoms with van der Waals surface area (Å²) in [4.78, 5) is 3.95. The second kappa shape index (κ2) is 5.16. The van der Waals surface area contributed by atoms with Gasteiger partial charge in [0.2, 0.25) is 0 Å². The lowest BCUT2D eigenvalue weighted by Crippen LogP contribution is -1.87. The molecule has 0 aliphatic carbocycles. The fourth-order valence-electron chi connectivity index (χ4n) is 2.06. The number of benzene rings is 1. The molecule has 0 atom stereocenters. The van der Waals surface area contributed by atoms with Gasteiger partial charge in [0.25, 0.3) is 0 Å². The van der Waals surface area contributed by atoms with Crippen LogP contribution in [0, 0.1) is 11.3 Å². The van der Waals surface area contributed by atoms with Crippen molar-refractivity contribution < 1.29 is 0 Å². The van der Waals surface area contributed by atoms with E-state index in [1.54, 1.807) is 30.7 Å². The van der Waals surface area contributed by atoms with Gasteiger partial charge in [-0.2, -0.15) is 10.4 Å². The van der Waals surface area contributed by atoms with Crippen molar-refractivity contribution in [2.75, 3.05) is 0 Å². The first kappa shape index (κ1) is 12.4. The van der Waals surface area contributed by atoms with Gasteiger partial charge in [-0.05, 0) is 23.8 Å². The molecule has 0 bridgehead atoms. The molecule has 0 aliphatic heterocycles. The molecular formula is C15H9ClN4. The molecular weight excluding hydrogens is 272 g/mol. The smallest absolute Gasteiger partial charge is 0.101 e. The van der Waals surface area contributed by atoms with Crippen LogP contribution in [0.15, 0.2) is 48.9 Å². The number of allylic oxidation sites excluding steroid dienone is 1. The van der Waals surface area contributed by atoms with Gasteiger partial charge in [0, 0.05) is 23.3 Å². The summed E-state index contributed by atoms with van der Waals surface area (Å²) in [5.41, 5.74) is 2.82. The van der Waals surface area contributed by atoms with Crippen molar-refractivity contribution in [1.29, 1.82) is 5.26 Å². The predicted octanol–water partition coefficient (Wildman–Crippen LogP) is 3.59. The summed E-state index contributed by atoms with van der Waals surface area (Å²) in [6.07, 6.45) is 4.98. The van der Waals surface area contributed by atoms with Gasteiger partial charge in [-0.3, -0.25) is 10.1 Å². The molecule has 0 fully saturated rings. The van der Waals surface area contributed by atoms with E-state index in [2.05, 4.69) is 21.3 Å². The van der Waals surface area contributed by atoms with Crippen molar-refractivity contribution in [3.63, 3.8) is 0 Å². The second-order valence-electron chi connectivity index (χ2n) is 4.17. The molecule has 5 heteroatoms. The molecule has 0 saturated heterocycles. The predicted molar refractivity (Wildman–Crippen MR) is 78.6 cm³/mol. The second-order valence-corrected chi connectivity index (χ2v) is 4.55. The molecule has 1 aromatic carbocycles. The Morgan fingerprint density at radius 1 is 1.20 bits per heavy atom. The van der Waals surface area contributed by atoms with Gasteiger partial charge in [-0.1, -0.05) is 23.7 Å². The first-order chi connectivity index (χ1) is 9.81. The number of aromatic nitrogens is 3. The number of aromatic amines is 1. The minimum Gasteiger partial charge on any atom is -0.278 e. The average Bonchev–Trinajstić information content (AvgIpc) is 2.98. The number of nitrogens with zero attached hydrogens (tertiary/aromatic N) is 3. The Balaban J connectivity index is 2.25. The number of nitrogens with one attached hydrogen (secondary N) is 1. The largest absolute Gasteiger partial charge is 0.278 e. The van der Waals surface area contributed by atoms with Crippen LogP contribution in [0.1, 0.15) is 11.1 Å². The molecule has 0 unspecified atom stereocenters. The van der Waals surface area contributed by atoms with Crippen LogP contribution in [0.2, 0.25) is 0 Å². The molecule has 96 valence electrons. The van der Waals surface area contributed by atoms with Crippen LogP contribution < -0.4 is 0 Å². The van der Waals surface area contributed by atoms with Crippen molar-refractivity contribution in [3.05, 3.63) is 60.0 Å². The maximum atomic E-state index is 9.47. The van der Waals surface area contributed by atoms with Crippen molar-refractivity contribution in [2.24, 2.45) is 0 Å². The lowest BCUT2D eigenvalue weighted by Gasteiger charge is -2.05. The SMILES string of the molecule is N#C/C(=C(\Cl)c1ccncc1)c1cccc2[nH]ncc12. The minimum atomic E-state index is 0.406. The third kappa shape index (κ3) is 2.04. The van der Waals surface area contributed by atoms with Gasteiger partial charge in [0.15, 0.2) is 0 Å². The maximum Gasteiger partial charge on any atom is 0.101 e. The number of nitriles is 1. The van der Waals surface area contributed by atoms with Crippen LogP contribution >= 0.6 is 11.6 Å². The lowest BCUT2D eigenvalue weighted by molar-refractivity contribution is 1.12. The van der Waals surface area contributed by atoms with Gasteiger partial charge in [0.05, 0.1) is 22.3 Å². The van der Waals surface area contributed by atoms with Crippen molar-refractivity contribution in [3.8, 4) is 6.07 Å². The van der Waals surface area contributed by atoms with Gasteiger partial charge < -0.3 is 0 Å². The molecule has 0 spiro atoms. The van der Waals surface area contributed by atoms with Crippen LogP contribution in [0.4, 0.5) is 0 Å². The highest BCUT2D eigenvalue weighted by molar-refractivity contribution is 6.53. The molecule has 0 aliphatic rings. The topological polar surface area (TPSA) is 65.4 Å². The number of halogens is 1. The summed E-state index contributed by atoms with van der Waals surface area (Å²) in [6.45, 7) is 0. The first-order valence-corrected chi connectivity index (χ1v) is 6.32. The first-order valence-electron chi connectivity index (χ1n) is 5.94. The average molecular weight is 281 g/mol. The van der Waals surface area contributed by atoms with Gasteiger partial charge >= 0.3 is 0 Å². The monoisotopic (exact) mass is 280 g/mol. The molecule has 0 amide bonds. The number of hydrogen-bond donors (Lipinski definition) is 1. The molecule has 2 heterocycles. The van der Waals surface area contributed by atoms with E-state index in [1.807, 2.05) is 18.2 Å². The lowest BCUT2D eigenvalue weighted by atomic mass is 10.0. The molecule has 4 nitrogen and oxygen atoms in total. The summed E-state index contributed by atoms with van der Waals surface area (Å²) in [6, 6.07) is 11.4. The Morgan fingerprint density at radius 2 is 2.00 bits per heavy atom. The van der Waals surface area contributed by atoms with E-state index in [-0.39, 0.29) is 0 Å². The summed E-state index contributed by atoms with van der Waals surface area (Å²) in [7, 11) is 0. The third-order valence-corrected chi connectivity index (χ3v) is 3.43. The summed E-state index contributed by atoms with van der Waals surface area (Å²) < 4.78 is 0. The number of pyridine rings is 1. The fourth-order valence-corrected chi connectivity index (χ4v) is 2.33. The minimum absolute atomic E-state index is 0.406. The highest BCUT2D eigenvalue weighted by Gasteiger charge is 2.13. The highest BCUT2D eigenvalue weighted by atomic mass is 35.5. The normalized spacial score (nSPS) is 12.0. The number of H-pyrrole nitrogens is 1. The van der Waals surface area contributed by atoms with Crippen LogP contribution in [0.3, 0.4) is 0 Å². The molecule has 20 heavy (non-hydrogen) atoms. The van der Waals surface area contributed by atoms with E-state index in [0.29, 0.717) is 10.6 Å². The molecule has 3 aromatic rings. The van der Waals surface area contributed by atoms with Crippen LogP contribution in [0.5, 0.6) is 0 Å². The van der Waals surface area contributed by atoms with Crippen LogP contribution in [-0.2, 0) is 0 Å². The standard InChI is InChI=1S/C15H9ClN4/c16-15(10-4-6-18-7-5-10)12(8-17)11-2-1-3-14-13(11)9-19-20-14/h1-7,9H,(H,19,20)/b15-12+. The highest BCUT2D eigenvalue weighted by Crippen LogP contribution is 2.32. The summed E-state index contributed by atoms with van der Waals surface area (Å²) >= 11 is 6.37. The number of hydrogen-bond acceptors (Lipinski definition) is 3. The summed E-state index contributed by atoms with van der Waals surface area (Å²) in [5, 5.41) is 17.6. The Hall–Kier alpha value is -2.64. The molecule has 2 aromatic heterocycles. The van der Waals surface area contributed by atoms with E-state index in [0.717, 1.165) is 22.0 Å². The number of rotatable bonds is 2.